The van der Waals surface area contributed by atoms with Crippen LogP contribution < -0.4 is 0 Å². The Morgan fingerprint density at radius 2 is 1.00 bits per heavy atom. The second-order valence-corrected chi connectivity index (χ2v) is 18.8. The van der Waals surface area contributed by atoms with Crippen LogP contribution in [-0.2, 0) is 37.9 Å². The number of hydrogen-bond donors (Lipinski definition) is 2. The summed E-state index contributed by atoms with van der Waals surface area (Å²) < 4.78 is 45.0. The highest BCUT2D eigenvalue weighted by Gasteiger charge is 2.57. The molecule has 4 bridgehead atoms. The second kappa shape index (κ2) is 17.6. The fourth-order valence-electron chi connectivity index (χ4n) is 12.5. The fraction of sp³-hybridized carbons (Fsp3) is 0.818. The lowest BCUT2D eigenvalue weighted by atomic mass is 9.76. The van der Waals surface area contributed by atoms with Crippen LogP contribution in [0.4, 0.5) is 0 Å². The summed E-state index contributed by atoms with van der Waals surface area (Å²) in [6.07, 6.45) is 8.78. The SMILES string of the molecule is O=C(OCC(O)COCC1CC2C3CC(COCC4CO4)C(C3)C2C1)c1cccc(C(=O)OCC(O)COCC2CC3C4CC(COCC5CO5)C(C4)C3C2)c1. The Balaban J connectivity index is 0.626. The molecule has 9 rings (SSSR count). The highest BCUT2D eigenvalue weighted by Crippen LogP contribution is 2.63. The Bertz CT molecular complexity index is 1390. The molecule has 12 heteroatoms. The molecule has 6 aliphatic carbocycles. The zero-order valence-corrected chi connectivity index (χ0v) is 32.7. The molecule has 12 nitrogen and oxygen atoms in total. The van der Waals surface area contributed by atoms with Crippen LogP contribution in [-0.4, -0.2) is 126 Å². The normalized spacial score (nSPS) is 39.4. The first kappa shape index (κ1) is 39.3. The Hall–Kier alpha value is -2.16. The molecule has 8 fully saturated rings. The molecule has 0 amide bonds. The number of ether oxygens (including phenoxy) is 8. The van der Waals surface area contributed by atoms with Gasteiger partial charge < -0.3 is 48.1 Å². The van der Waals surface area contributed by atoms with Gasteiger partial charge in [-0.3, -0.25) is 0 Å². The van der Waals surface area contributed by atoms with Crippen LogP contribution in [0, 0.1) is 71.0 Å². The van der Waals surface area contributed by atoms with Gasteiger partial charge in [-0.25, -0.2) is 9.59 Å². The van der Waals surface area contributed by atoms with Gasteiger partial charge in [0.2, 0.25) is 0 Å². The van der Waals surface area contributed by atoms with Gasteiger partial charge in [0, 0.05) is 26.4 Å². The van der Waals surface area contributed by atoms with Crippen molar-refractivity contribution >= 4 is 11.9 Å². The Morgan fingerprint density at radius 3 is 1.45 bits per heavy atom. The van der Waals surface area contributed by atoms with Crippen LogP contribution in [0.2, 0.25) is 0 Å². The van der Waals surface area contributed by atoms with Crippen molar-refractivity contribution in [3.05, 3.63) is 35.4 Å². The van der Waals surface area contributed by atoms with E-state index in [1.165, 1.54) is 57.4 Å². The fourth-order valence-corrected chi connectivity index (χ4v) is 12.5. The number of hydrogen-bond acceptors (Lipinski definition) is 12. The predicted octanol–water partition coefficient (Wildman–Crippen LogP) is 4.18. The van der Waals surface area contributed by atoms with E-state index >= 15 is 0 Å². The summed E-state index contributed by atoms with van der Waals surface area (Å²) in [4.78, 5) is 25.6. The number of aliphatic hydroxyl groups is 2. The summed E-state index contributed by atoms with van der Waals surface area (Å²) in [6, 6.07) is 6.08. The Morgan fingerprint density at radius 1 is 0.554 bits per heavy atom. The number of carbonyl (C=O) groups excluding carboxylic acids is 2. The monoisotopic (exact) mass is 782 g/mol. The summed E-state index contributed by atoms with van der Waals surface area (Å²) in [5, 5.41) is 21.0. The highest BCUT2D eigenvalue weighted by molar-refractivity contribution is 5.95. The van der Waals surface area contributed by atoms with E-state index < -0.39 is 24.1 Å². The molecule has 2 heterocycles. The second-order valence-electron chi connectivity index (χ2n) is 18.8. The smallest absolute Gasteiger partial charge is 0.338 e. The first-order valence-electron chi connectivity index (χ1n) is 21.7. The molecule has 1 aromatic rings. The lowest BCUT2D eigenvalue weighted by Crippen LogP contribution is -2.27. The molecular formula is C44H62O12. The van der Waals surface area contributed by atoms with Crippen molar-refractivity contribution in [2.75, 3.05) is 79.3 Å². The lowest BCUT2D eigenvalue weighted by Gasteiger charge is -2.31. The maximum Gasteiger partial charge on any atom is 0.338 e. The summed E-state index contributed by atoms with van der Waals surface area (Å²) in [5.41, 5.74) is 0.351. The molecular weight excluding hydrogens is 720 g/mol. The van der Waals surface area contributed by atoms with E-state index in [9.17, 15) is 19.8 Å². The summed E-state index contributed by atoms with van der Waals surface area (Å²) in [7, 11) is 0. The minimum absolute atomic E-state index is 0.0972. The molecule has 2 aliphatic heterocycles. The maximum absolute atomic E-state index is 12.8. The molecule has 6 saturated carbocycles. The van der Waals surface area contributed by atoms with Gasteiger partial charge in [-0.1, -0.05) is 6.07 Å². The van der Waals surface area contributed by atoms with E-state index in [0.29, 0.717) is 49.1 Å². The van der Waals surface area contributed by atoms with Crippen LogP contribution in [0.25, 0.3) is 0 Å². The van der Waals surface area contributed by atoms with Gasteiger partial charge in [0.1, 0.15) is 37.6 Å². The zero-order chi connectivity index (χ0) is 38.2. The molecule has 2 N–H and O–H groups in total. The van der Waals surface area contributed by atoms with Crippen molar-refractivity contribution in [3.8, 4) is 0 Å². The van der Waals surface area contributed by atoms with Crippen LogP contribution in [0.3, 0.4) is 0 Å². The van der Waals surface area contributed by atoms with Crippen molar-refractivity contribution < 1.29 is 57.7 Å². The number of rotatable bonds is 22. The minimum Gasteiger partial charge on any atom is -0.459 e. The van der Waals surface area contributed by atoms with Gasteiger partial charge in [-0.05, 0) is 141 Å². The third kappa shape index (κ3) is 9.33. The topological polar surface area (TPSA) is 155 Å². The third-order valence-electron chi connectivity index (χ3n) is 15.0. The molecule has 2 saturated heterocycles. The first-order valence-corrected chi connectivity index (χ1v) is 21.7. The van der Waals surface area contributed by atoms with Gasteiger partial charge in [-0.15, -0.1) is 0 Å². The standard InChI is InChI=1S/C44H62O12/c45-33(17-49-13-25-4-37-29-9-31(15-51-21-35-23-53-35)39(11-29)41(37)6-25)19-55-43(47)27-2-1-3-28(8-27)44(48)56-20-34(46)18-50-14-26-5-38-30-10-32(16-52-22-36-24-54-36)40(12-30)42(38)7-26/h1-3,8,25-26,29-42,45-46H,4-7,9-24H2. The quantitative estimate of drug-likeness (QED) is 0.128. The molecule has 0 aromatic heterocycles. The largest absolute Gasteiger partial charge is 0.459 e. The number of aliphatic hydroxyl groups excluding tert-OH is 2. The maximum atomic E-state index is 12.8. The first-order chi connectivity index (χ1) is 27.3. The van der Waals surface area contributed by atoms with Crippen molar-refractivity contribution in [1.29, 1.82) is 0 Å². The molecule has 0 spiro atoms. The van der Waals surface area contributed by atoms with Crippen molar-refractivity contribution in [3.63, 3.8) is 0 Å². The van der Waals surface area contributed by atoms with Gasteiger partial charge in [0.05, 0.1) is 50.8 Å². The summed E-state index contributed by atoms with van der Waals surface area (Å²) in [6.45, 7) is 5.88. The van der Waals surface area contributed by atoms with Gasteiger partial charge in [0.15, 0.2) is 0 Å². The van der Waals surface area contributed by atoms with Gasteiger partial charge in [-0.2, -0.15) is 0 Å². The number of fused-ring (bicyclic) bond motifs is 10. The number of carbonyl (C=O) groups is 2. The molecule has 310 valence electrons. The minimum atomic E-state index is -0.946. The molecule has 16 atom stereocenters. The molecule has 0 radical (unpaired) electrons. The van der Waals surface area contributed by atoms with Crippen molar-refractivity contribution in [1.82, 2.24) is 0 Å². The van der Waals surface area contributed by atoms with E-state index in [1.54, 1.807) is 18.2 Å². The predicted molar refractivity (Wildman–Crippen MR) is 201 cm³/mol. The van der Waals surface area contributed by atoms with E-state index in [1.807, 2.05) is 0 Å². The Labute approximate surface area is 330 Å². The van der Waals surface area contributed by atoms with Crippen LogP contribution in [0.1, 0.15) is 72.1 Å². The number of epoxide rings is 2. The zero-order valence-electron chi connectivity index (χ0n) is 32.7. The van der Waals surface area contributed by atoms with Gasteiger partial charge >= 0.3 is 11.9 Å². The van der Waals surface area contributed by atoms with Crippen molar-refractivity contribution in [2.24, 2.45) is 71.0 Å². The van der Waals surface area contributed by atoms with Crippen LogP contribution in [0.15, 0.2) is 24.3 Å². The Kier molecular flexibility index (Phi) is 12.3. The van der Waals surface area contributed by atoms with E-state index in [4.69, 9.17) is 37.9 Å². The van der Waals surface area contributed by atoms with Crippen LogP contribution >= 0.6 is 0 Å². The average molecular weight is 783 g/mol. The molecule has 1 aromatic carbocycles. The third-order valence-corrected chi connectivity index (χ3v) is 15.0. The van der Waals surface area contributed by atoms with E-state index in [-0.39, 0.29) is 37.6 Å². The molecule has 8 aliphatic rings. The van der Waals surface area contributed by atoms with Crippen LogP contribution in [0.5, 0.6) is 0 Å². The summed E-state index contributed by atoms with van der Waals surface area (Å²) >= 11 is 0. The molecule has 56 heavy (non-hydrogen) atoms. The number of benzene rings is 1. The van der Waals surface area contributed by atoms with Crippen molar-refractivity contribution in [2.45, 2.75) is 75.8 Å². The van der Waals surface area contributed by atoms with E-state index in [2.05, 4.69) is 0 Å². The number of esters is 2. The van der Waals surface area contributed by atoms with Gasteiger partial charge in [0.25, 0.3) is 0 Å². The summed E-state index contributed by atoms with van der Waals surface area (Å²) in [5.74, 6) is 7.34. The lowest BCUT2D eigenvalue weighted by molar-refractivity contribution is -0.0184. The molecule has 16 unspecified atom stereocenters. The van der Waals surface area contributed by atoms with E-state index in [0.717, 1.165) is 87.0 Å². The highest BCUT2D eigenvalue weighted by atomic mass is 16.6. The average Bonchev–Trinajstić information content (AvgIpc) is 3.83.